The Morgan fingerprint density at radius 2 is 1.86 bits per heavy atom. The number of halogens is 2. The van der Waals surface area contributed by atoms with Gasteiger partial charge in [-0.05, 0) is 18.9 Å². The van der Waals surface area contributed by atoms with Crippen molar-refractivity contribution in [1.29, 1.82) is 0 Å². The molecule has 4 nitrogen and oxygen atoms in total. The van der Waals surface area contributed by atoms with E-state index in [1.165, 1.54) is 6.07 Å². The topological polar surface area (TPSA) is 66.4 Å². The zero-order chi connectivity index (χ0) is 15.4. The minimum absolute atomic E-state index is 0.0756. The molecule has 2 unspecified atom stereocenters. The molecule has 0 saturated heterocycles. The van der Waals surface area contributed by atoms with Gasteiger partial charge in [-0.2, -0.15) is 0 Å². The Morgan fingerprint density at radius 3 is 2.48 bits per heavy atom. The van der Waals surface area contributed by atoms with Crippen LogP contribution in [0.25, 0.3) is 0 Å². The summed E-state index contributed by atoms with van der Waals surface area (Å²) in [5, 5.41) is 11.7. The van der Waals surface area contributed by atoms with Gasteiger partial charge in [0.1, 0.15) is 11.6 Å². The van der Waals surface area contributed by atoms with E-state index in [2.05, 4.69) is 5.32 Å². The van der Waals surface area contributed by atoms with Gasteiger partial charge in [0.05, 0.1) is 11.8 Å². The molecule has 0 radical (unpaired) electrons. The molecule has 1 aromatic carbocycles. The van der Waals surface area contributed by atoms with Gasteiger partial charge in [0.25, 0.3) is 0 Å². The van der Waals surface area contributed by atoms with Crippen LogP contribution in [0.2, 0.25) is 0 Å². The summed E-state index contributed by atoms with van der Waals surface area (Å²) in [4.78, 5) is 23.2. The van der Waals surface area contributed by atoms with Crippen molar-refractivity contribution in [3.8, 4) is 0 Å². The maximum absolute atomic E-state index is 13.5. The maximum atomic E-state index is 13.5. The third kappa shape index (κ3) is 3.77. The highest BCUT2D eigenvalue weighted by atomic mass is 19.1. The molecule has 0 heterocycles. The van der Waals surface area contributed by atoms with Crippen molar-refractivity contribution in [3.05, 3.63) is 35.4 Å². The van der Waals surface area contributed by atoms with E-state index in [4.69, 9.17) is 5.11 Å². The van der Waals surface area contributed by atoms with Gasteiger partial charge < -0.3 is 10.4 Å². The summed E-state index contributed by atoms with van der Waals surface area (Å²) in [5.74, 6) is -4.03. The lowest BCUT2D eigenvalue weighted by atomic mass is 9.78. The van der Waals surface area contributed by atoms with E-state index < -0.39 is 29.4 Å². The SMILES string of the molecule is O=C(O)C1CCCCC1C(=O)NCc1ccc(F)cc1F. The van der Waals surface area contributed by atoms with Crippen molar-refractivity contribution in [3.63, 3.8) is 0 Å². The van der Waals surface area contributed by atoms with Crippen molar-refractivity contribution in [2.75, 3.05) is 0 Å². The summed E-state index contributed by atoms with van der Waals surface area (Å²) < 4.78 is 26.2. The molecule has 21 heavy (non-hydrogen) atoms. The summed E-state index contributed by atoms with van der Waals surface area (Å²) >= 11 is 0. The molecule has 6 heteroatoms. The van der Waals surface area contributed by atoms with Crippen LogP contribution in [0.5, 0.6) is 0 Å². The third-order valence-corrected chi connectivity index (χ3v) is 3.89. The Kier molecular flexibility index (Phi) is 4.88. The lowest BCUT2D eigenvalue weighted by Gasteiger charge is -2.27. The van der Waals surface area contributed by atoms with Crippen molar-refractivity contribution in [2.24, 2.45) is 11.8 Å². The first kappa shape index (κ1) is 15.4. The first-order chi connectivity index (χ1) is 9.99. The Labute approximate surface area is 121 Å². The molecule has 1 saturated carbocycles. The minimum Gasteiger partial charge on any atom is -0.481 e. The lowest BCUT2D eigenvalue weighted by Crippen LogP contribution is -2.39. The Balaban J connectivity index is 1.98. The first-order valence-corrected chi connectivity index (χ1v) is 6.93. The highest BCUT2D eigenvalue weighted by Gasteiger charge is 2.35. The average molecular weight is 297 g/mol. The third-order valence-electron chi connectivity index (χ3n) is 3.89. The van der Waals surface area contributed by atoms with Gasteiger partial charge in [-0.1, -0.05) is 18.9 Å². The fourth-order valence-electron chi connectivity index (χ4n) is 2.72. The van der Waals surface area contributed by atoms with Gasteiger partial charge in [0.15, 0.2) is 0 Å². The summed E-state index contributed by atoms with van der Waals surface area (Å²) in [7, 11) is 0. The van der Waals surface area contributed by atoms with E-state index in [-0.39, 0.29) is 18.0 Å². The van der Waals surface area contributed by atoms with Gasteiger partial charge in [-0.15, -0.1) is 0 Å². The summed E-state index contributed by atoms with van der Waals surface area (Å²) in [5.41, 5.74) is 0.174. The van der Waals surface area contributed by atoms with Crippen molar-refractivity contribution >= 4 is 11.9 Å². The van der Waals surface area contributed by atoms with Crippen LogP contribution in [-0.2, 0) is 16.1 Å². The zero-order valence-corrected chi connectivity index (χ0v) is 11.4. The standard InChI is InChI=1S/C15H17F2NO3/c16-10-6-5-9(13(17)7-10)8-18-14(19)11-3-1-2-4-12(11)15(20)21/h5-7,11-12H,1-4,8H2,(H,18,19)(H,20,21). The van der Waals surface area contributed by atoms with Crippen LogP contribution in [0, 0.1) is 23.5 Å². The summed E-state index contributed by atoms with van der Waals surface area (Å²) in [6.07, 6.45) is 2.62. The lowest BCUT2D eigenvalue weighted by molar-refractivity contribution is -0.148. The van der Waals surface area contributed by atoms with Gasteiger partial charge >= 0.3 is 5.97 Å². The van der Waals surface area contributed by atoms with Crippen LogP contribution in [0.1, 0.15) is 31.2 Å². The second-order valence-corrected chi connectivity index (χ2v) is 5.29. The molecule has 0 spiro atoms. The van der Waals surface area contributed by atoms with Gasteiger partial charge in [0.2, 0.25) is 5.91 Å². The van der Waals surface area contributed by atoms with E-state index in [9.17, 15) is 18.4 Å². The molecule has 1 aliphatic rings. The maximum Gasteiger partial charge on any atom is 0.307 e. The number of hydrogen-bond acceptors (Lipinski definition) is 2. The molecule has 2 N–H and O–H groups in total. The molecule has 2 atom stereocenters. The molecule has 0 aromatic heterocycles. The number of carbonyl (C=O) groups excluding carboxylic acids is 1. The number of benzene rings is 1. The van der Waals surface area contributed by atoms with Crippen molar-refractivity contribution in [1.82, 2.24) is 5.32 Å². The summed E-state index contributed by atoms with van der Waals surface area (Å²) in [6.45, 7) is -0.0756. The van der Waals surface area contributed by atoms with E-state index in [1.54, 1.807) is 0 Å². The van der Waals surface area contributed by atoms with Crippen LogP contribution < -0.4 is 5.32 Å². The van der Waals surface area contributed by atoms with E-state index in [1.807, 2.05) is 0 Å². The minimum atomic E-state index is -0.970. The van der Waals surface area contributed by atoms with E-state index in [0.717, 1.165) is 25.0 Å². The molecular formula is C15H17F2NO3. The number of hydrogen-bond donors (Lipinski definition) is 2. The Bertz CT molecular complexity index is 548. The molecule has 0 bridgehead atoms. The fraction of sp³-hybridized carbons (Fsp3) is 0.467. The van der Waals surface area contributed by atoms with Gasteiger partial charge in [-0.25, -0.2) is 8.78 Å². The zero-order valence-electron chi connectivity index (χ0n) is 11.4. The van der Waals surface area contributed by atoms with Crippen molar-refractivity contribution in [2.45, 2.75) is 32.2 Å². The largest absolute Gasteiger partial charge is 0.481 e. The number of carboxylic acid groups (broad SMARTS) is 1. The normalized spacial score (nSPS) is 21.8. The molecular weight excluding hydrogens is 280 g/mol. The molecule has 1 aliphatic carbocycles. The van der Waals surface area contributed by atoms with Crippen LogP contribution in [0.3, 0.4) is 0 Å². The molecule has 114 valence electrons. The number of carbonyl (C=O) groups is 2. The highest BCUT2D eigenvalue weighted by Crippen LogP contribution is 2.30. The number of rotatable bonds is 4. The monoisotopic (exact) mass is 297 g/mol. The smallest absolute Gasteiger partial charge is 0.307 e. The second kappa shape index (κ2) is 6.65. The number of carboxylic acids is 1. The number of aliphatic carboxylic acids is 1. The van der Waals surface area contributed by atoms with E-state index in [0.29, 0.717) is 12.8 Å². The van der Waals surface area contributed by atoms with Crippen molar-refractivity contribution < 1.29 is 23.5 Å². The second-order valence-electron chi connectivity index (χ2n) is 5.29. The van der Waals surface area contributed by atoms with Crippen LogP contribution >= 0.6 is 0 Å². The molecule has 2 rings (SSSR count). The number of amides is 1. The van der Waals surface area contributed by atoms with Crippen LogP contribution in [0.15, 0.2) is 18.2 Å². The predicted octanol–water partition coefficient (Wildman–Crippen LogP) is 2.47. The Morgan fingerprint density at radius 1 is 1.19 bits per heavy atom. The van der Waals surface area contributed by atoms with Crippen LogP contribution in [-0.4, -0.2) is 17.0 Å². The molecule has 0 aliphatic heterocycles. The quantitative estimate of drug-likeness (QED) is 0.897. The summed E-state index contributed by atoms with van der Waals surface area (Å²) in [6, 6.07) is 3.13. The van der Waals surface area contributed by atoms with Gasteiger partial charge in [0, 0.05) is 18.2 Å². The van der Waals surface area contributed by atoms with Gasteiger partial charge in [-0.3, -0.25) is 9.59 Å². The number of nitrogens with one attached hydrogen (secondary N) is 1. The fourth-order valence-corrected chi connectivity index (χ4v) is 2.72. The predicted molar refractivity (Wildman–Crippen MR) is 71.3 cm³/mol. The molecule has 1 amide bonds. The Hall–Kier alpha value is -1.98. The highest BCUT2D eigenvalue weighted by molar-refractivity contribution is 5.84. The van der Waals surface area contributed by atoms with E-state index >= 15 is 0 Å². The molecule has 1 fully saturated rings. The average Bonchev–Trinajstić information content (AvgIpc) is 2.46. The first-order valence-electron chi connectivity index (χ1n) is 6.93. The molecule has 1 aromatic rings. The van der Waals surface area contributed by atoms with Crippen LogP contribution in [0.4, 0.5) is 8.78 Å².